The Bertz CT molecular complexity index is 1190. The fourth-order valence-electron chi connectivity index (χ4n) is 4.60. The van der Waals surface area contributed by atoms with Gasteiger partial charge in [0.2, 0.25) is 5.91 Å². The second-order valence-electron chi connectivity index (χ2n) is 9.48. The van der Waals surface area contributed by atoms with Crippen LogP contribution in [0.2, 0.25) is 0 Å². The minimum absolute atomic E-state index is 0.0256. The van der Waals surface area contributed by atoms with Gasteiger partial charge >= 0.3 is 0 Å². The molecule has 3 N–H and O–H groups in total. The molecule has 1 aromatic carbocycles. The zero-order valence-corrected chi connectivity index (χ0v) is 18.4. The van der Waals surface area contributed by atoms with E-state index in [1.165, 1.54) is 12.8 Å². The van der Waals surface area contributed by atoms with Crippen LogP contribution in [0.5, 0.6) is 0 Å². The van der Waals surface area contributed by atoms with Crippen molar-refractivity contribution >= 4 is 28.5 Å². The average molecular weight is 433 g/mol. The fourth-order valence-corrected chi connectivity index (χ4v) is 4.60. The first-order valence-corrected chi connectivity index (χ1v) is 11.1. The number of anilines is 1. The summed E-state index contributed by atoms with van der Waals surface area (Å²) < 4.78 is 1.79. The fraction of sp³-hybridized carbons (Fsp3) is 0.417. The molecule has 0 spiro atoms. The lowest BCUT2D eigenvalue weighted by Gasteiger charge is -2.38. The highest BCUT2D eigenvalue weighted by atomic mass is 16.2. The Morgan fingerprint density at radius 3 is 2.66 bits per heavy atom. The molecular weight excluding hydrogens is 404 g/mol. The number of para-hydroxylation sites is 1. The third kappa shape index (κ3) is 3.81. The van der Waals surface area contributed by atoms with E-state index in [1.807, 2.05) is 24.3 Å². The van der Waals surface area contributed by atoms with Crippen molar-refractivity contribution in [1.29, 1.82) is 0 Å². The Kier molecular flexibility index (Phi) is 4.87. The number of amides is 2. The maximum atomic E-state index is 12.8. The molecule has 2 amide bonds. The highest BCUT2D eigenvalue weighted by Crippen LogP contribution is 2.39. The van der Waals surface area contributed by atoms with Gasteiger partial charge in [0.15, 0.2) is 0 Å². The molecule has 8 nitrogen and oxygen atoms in total. The molecule has 0 atom stereocenters. The number of nitrogen functional groups attached to an aromatic ring is 1. The number of fused-ring (bicyclic) bond motifs is 1. The SMILES string of the molecule is CC(C)(NC(=O)Cn1nc(C2CN(C(=O)c3ccnc(N)c3)C2)c2ccccc21)C1CC1. The van der Waals surface area contributed by atoms with Crippen molar-refractivity contribution in [1.82, 2.24) is 25.0 Å². The molecule has 2 aliphatic rings. The first kappa shape index (κ1) is 20.5. The van der Waals surface area contributed by atoms with Crippen LogP contribution >= 0.6 is 0 Å². The third-order valence-corrected chi connectivity index (χ3v) is 6.62. The van der Waals surface area contributed by atoms with E-state index in [-0.39, 0.29) is 29.8 Å². The van der Waals surface area contributed by atoms with Gasteiger partial charge < -0.3 is 16.0 Å². The maximum Gasteiger partial charge on any atom is 0.254 e. The summed E-state index contributed by atoms with van der Waals surface area (Å²) in [5.74, 6) is 0.949. The second-order valence-corrected chi connectivity index (χ2v) is 9.48. The first-order chi connectivity index (χ1) is 15.3. The monoisotopic (exact) mass is 432 g/mol. The molecule has 166 valence electrons. The Hall–Kier alpha value is -3.42. The predicted octanol–water partition coefficient (Wildman–Crippen LogP) is 2.56. The van der Waals surface area contributed by atoms with Crippen LogP contribution in [-0.4, -0.2) is 50.1 Å². The molecule has 1 saturated carbocycles. The largest absolute Gasteiger partial charge is 0.384 e. The number of likely N-dealkylation sites (tertiary alicyclic amines) is 1. The van der Waals surface area contributed by atoms with Gasteiger partial charge in [0.25, 0.3) is 5.91 Å². The van der Waals surface area contributed by atoms with Crippen LogP contribution in [0, 0.1) is 5.92 Å². The van der Waals surface area contributed by atoms with Crippen molar-refractivity contribution < 1.29 is 9.59 Å². The van der Waals surface area contributed by atoms with Gasteiger partial charge in [-0.1, -0.05) is 18.2 Å². The molecule has 1 saturated heterocycles. The van der Waals surface area contributed by atoms with E-state index in [2.05, 4.69) is 24.1 Å². The van der Waals surface area contributed by atoms with Crippen molar-refractivity contribution in [2.45, 2.75) is 44.7 Å². The molecule has 8 heteroatoms. The van der Waals surface area contributed by atoms with Crippen LogP contribution in [0.1, 0.15) is 48.7 Å². The van der Waals surface area contributed by atoms with Gasteiger partial charge in [0.05, 0.1) is 11.2 Å². The smallest absolute Gasteiger partial charge is 0.254 e. The lowest BCUT2D eigenvalue weighted by Crippen LogP contribution is -2.48. The van der Waals surface area contributed by atoms with E-state index in [0.717, 1.165) is 16.6 Å². The average Bonchev–Trinajstić information content (AvgIpc) is 3.52. The van der Waals surface area contributed by atoms with Gasteiger partial charge in [-0.25, -0.2) is 4.98 Å². The van der Waals surface area contributed by atoms with Gasteiger partial charge in [0.1, 0.15) is 12.4 Å². The van der Waals surface area contributed by atoms with Crippen LogP contribution in [0.15, 0.2) is 42.6 Å². The number of benzene rings is 1. The molecule has 3 heterocycles. The van der Waals surface area contributed by atoms with Crippen LogP contribution in [0.4, 0.5) is 5.82 Å². The van der Waals surface area contributed by atoms with Crippen molar-refractivity contribution in [2.24, 2.45) is 5.92 Å². The lowest BCUT2D eigenvalue weighted by molar-refractivity contribution is -0.123. The zero-order chi connectivity index (χ0) is 22.5. The first-order valence-electron chi connectivity index (χ1n) is 11.1. The standard InChI is InChI=1S/C24H28N6O2/c1-24(2,17-7-8-17)27-21(31)14-30-19-6-4-3-5-18(19)22(28-30)16-12-29(13-16)23(32)15-9-10-26-20(25)11-15/h3-6,9-11,16-17H,7-8,12-14H2,1-2H3,(H2,25,26)(H,27,31). The summed E-state index contributed by atoms with van der Waals surface area (Å²) in [7, 11) is 0. The number of nitrogens with zero attached hydrogens (tertiary/aromatic N) is 4. The number of aromatic nitrogens is 3. The van der Waals surface area contributed by atoms with Crippen molar-refractivity contribution in [3.05, 3.63) is 53.9 Å². The molecule has 1 aliphatic heterocycles. The van der Waals surface area contributed by atoms with E-state index >= 15 is 0 Å². The molecule has 5 rings (SSSR count). The van der Waals surface area contributed by atoms with Crippen molar-refractivity contribution in [3.8, 4) is 0 Å². The lowest BCUT2D eigenvalue weighted by atomic mass is 9.93. The van der Waals surface area contributed by atoms with Crippen LogP contribution < -0.4 is 11.1 Å². The zero-order valence-electron chi connectivity index (χ0n) is 18.4. The quantitative estimate of drug-likeness (QED) is 0.623. The number of nitrogens with one attached hydrogen (secondary N) is 1. The van der Waals surface area contributed by atoms with E-state index in [0.29, 0.717) is 30.4 Å². The molecule has 2 aromatic heterocycles. The highest BCUT2D eigenvalue weighted by Gasteiger charge is 2.39. The van der Waals surface area contributed by atoms with E-state index in [4.69, 9.17) is 10.8 Å². The summed E-state index contributed by atoms with van der Waals surface area (Å²) in [5, 5.41) is 9.02. The molecule has 1 aliphatic carbocycles. The number of carbonyl (C=O) groups is 2. The summed E-state index contributed by atoms with van der Waals surface area (Å²) >= 11 is 0. The molecule has 3 aromatic rings. The predicted molar refractivity (Wildman–Crippen MR) is 122 cm³/mol. The second kappa shape index (κ2) is 7.62. The van der Waals surface area contributed by atoms with Gasteiger partial charge in [-0.05, 0) is 50.8 Å². The maximum absolute atomic E-state index is 12.8. The minimum Gasteiger partial charge on any atom is -0.384 e. The molecule has 0 bridgehead atoms. The van der Waals surface area contributed by atoms with Gasteiger partial charge in [-0.3, -0.25) is 14.3 Å². The van der Waals surface area contributed by atoms with Crippen molar-refractivity contribution in [3.63, 3.8) is 0 Å². The molecular formula is C24H28N6O2. The van der Waals surface area contributed by atoms with Crippen LogP contribution in [-0.2, 0) is 11.3 Å². The summed E-state index contributed by atoms with van der Waals surface area (Å²) in [4.78, 5) is 31.2. The molecule has 0 unspecified atom stereocenters. The number of carbonyl (C=O) groups excluding carboxylic acids is 2. The third-order valence-electron chi connectivity index (χ3n) is 6.62. The summed E-state index contributed by atoms with van der Waals surface area (Å²) in [6, 6.07) is 11.2. The summed E-state index contributed by atoms with van der Waals surface area (Å²) in [5.41, 5.74) is 7.94. The minimum atomic E-state index is -0.186. The van der Waals surface area contributed by atoms with E-state index in [1.54, 1.807) is 27.9 Å². The number of pyridine rings is 1. The number of hydrogen-bond acceptors (Lipinski definition) is 5. The van der Waals surface area contributed by atoms with E-state index < -0.39 is 0 Å². The van der Waals surface area contributed by atoms with E-state index in [9.17, 15) is 9.59 Å². The topological polar surface area (TPSA) is 106 Å². The Morgan fingerprint density at radius 1 is 1.19 bits per heavy atom. The van der Waals surface area contributed by atoms with Crippen molar-refractivity contribution in [2.75, 3.05) is 18.8 Å². The number of rotatable bonds is 6. The van der Waals surface area contributed by atoms with Gasteiger partial charge in [-0.2, -0.15) is 5.10 Å². The van der Waals surface area contributed by atoms with Gasteiger partial charge in [-0.15, -0.1) is 0 Å². The number of nitrogens with two attached hydrogens (primary N) is 1. The molecule has 32 heavy (non-hydrogen) atoms. The summed E-state index contributed by atoms with van der Waals surface area (Å²) in [6.45, 7) is 5.53. The highest BCUT2D eigenvalue weighted by molar-refractivity contribution is 5.95. The van der Waals surface area contributed by atoms with Gasteiger partial charge in [0, 0.05) is 41.7 Å². The van der Waals surface area contributed by atoms with Crippen LogP contribution in [0.3, 0.4) is 0 Å². The number of hydrogen-bond donors (Lipinski definition) is 2. The molecule has 2 fully saturated rings. The Morgan fingerprint density at radius 2 is 1.94 bits per heavy atom. The Balaban J connectivity index is 1.31. The molecule has 0 radical (unpaired) electrons. The van der Waals surface area contributed by atoms with Crippen LogP contribution in [0.25, 0.3) is 10.9 Å². The normalized spacial score (nSPS) is 16.8. The summed E-state index contributed by atoms with van der Waals surface area (Å²) in [6.07, 6.45) is 3.89. The Labute approximate surface area is 186 Å².